The van der Waals surface area contributed by atoms with Crippen molar-refractivity contribution in [1.82, 2.24) is 0 Å². The first-order valence-corrected chi connectivity index (χ1v) is 18.9. The molecule has 0 aliphatic heterocycles. The van der Waals surface area contributed by atoms with Gasteiger partial charge in [-0.3, -0.25) is 0 Å². The summed E-state index contributed by atoms with van der Waals surface area (Å²) in [7, 11) is 0. The number of anilines is 3. The largest absolute Gasteiger partial charge is 0.311 e. The van der Waals surface area contributed by atoms with Crippen LogP contribution in [-0.2, 0) is 5.41 Å². The van der Waals surface area contributed by atoms with Crippen molar-refractivity contribution in [1.29, 1.82) is 0 Å². The third kappa shape index (κ3) is 5.08. The predicted octanol–water partition coefficient (Wildman–Crippen LogP) is 14.8. The molecular formula is C53H39N. The number of fused-ring (bicyclic) bond motifs is 4. The highest BCUT2D eigenvalue weighted by Gasteiger charge is 2.33. The molecule has 1 nitrogen and oxygen atoms in total. The van der Waals surface area contributed by atoms with Gasteiger partial charge in [0, 0.05) is 22.5 Å². The van der Waals surface area contributed by atoms with E-state index in [4.69, 9.17) is 0 Å². The lowest BCUT2D eigenvalue weighted by molar-refractivity contribution is 0.645. The summed E-state index contributed by atoms with van der Waals surface area (Å²) in [5.74, 6) is 0. The number of rotatable bonds is 6. The first kappa shape index (κ1) is 32.0. The Hall–Kier alpha value is -6.70. The van der Waals surface area contributed by atoms with Gasteiger partial charge in [-0.25, -0.2) is 0 Å². The fourth-order valence-corrected chi connectivity index (χ4v) is 8.93. The number of hydrogen-bond donors (Lipinski definition) is 0. The van der Waals surface area contributed by atoms with Gasteiger partial charge in [0.05, 0.1) is 0 Å². The third-order valence-corrected chi connectivity index (χ3v) is 11.5. The molecule has 1 heteroatoms. The SMILES string of the molecule is CC1(C)c2ccccc2-c2ccc(-c3c4ccccc4c(/C=C/c4ccc(N(c5ccccc5)c5ccccc5)cc4)c4ccccc34)c3cccc1c23. The average molecular weight is 690 g/mol. The molecule has 0 fully saturated rings. The van der Waals surface area contributed by atoms with Gasteiger partial charge < -0.3 is 4.90 Å². The number of nitrogens with zero attached hydrogens (tertiary/aromatic N) is 1. The Morgan fingerprint density at radius 3 is 1.52 bits per heavy atom. The molecule has 0 spiro atoms. The van der Waals surface area contributed by atoms with Crippen molar-refractivity contribution >= 4 is 61.5 Å². The molecule has 9 aromatic rings. The fourth-order valence-electron chi connectivity index (χ4n) is 8.93. The minimum atomic E-state index is -0.0971. The van der Waals surface area contributed by atoms with Crippen molar-refractivity contribution in [3.05, 3.63) is 210 Å². The van der Waals surface area contributed by atoms with Crippen LogP contribution in [0.15, 0.2) is 188 Å². The molecule has 0 amide bonds. The van der Waals surface area contributed by atoms with Crippen LogP contribution in [0.1, 0.15) is 36.1 Å². The summed E-state index contributed by atoms with van der Waals surface area (Å²) in [6.45, 7) is 4.75. The topological polar surface area (TPSA) is 3.24 Å². The molecule has 54 heavy (non-hydrogen) atoms. The van der Waals surface area contributed by atoms with Crippen LogP contribution in [0.2, 0.25) is 0 Å². The molecule has 0 saturated heterocycles. The molecule has 0 N–H and O–H groups in total. The van der Waals surface area contributed by atoms with Gasteiger partial charge in [0.2, 0.25) is 0 Å². The molecule has 1 aliphatic carbocycles. The maximum Gasteiger partial charge on any atom is 0.0462 e. The Morgan fingerprint density at radius 2 is 0.870 bits per heavy atom. The fraction of sp³-hybridized carbons (Fsp3) is 0.0566. The molecule has 1 aliphatic rings. The van der Waals surface area contributed by atoms with Crippen molar-refractivity contribution in [3.8, 4) is 22.3 Å². The normalized spacial score (nSPS) is 13.1. The summed E-state index contributed by atoms with van der Waals surface area (Å²) in [5.41, 5.74) is 13.7. The number of benzene rings is 9. The van der Waals surface area contributed by atoms with E-state index < -0.39 is 0 Å². The lowest BCUT2D eigenvalue weighted by atomic mass is 9.68. The second-order valence-electron chi connectivity index (χ2n) is 14.9. The molecule has 10 rings (SSSR count). The summed E-state index contributed by atoms with van der Waals surface area (Å²) in [5, 5.41) is 7.73. The van der Waals surface area contributed by atoms with Gasteiger partial charge in [-0.1, -0.05) is 178 Å². The van der Waals surface area contributed by atoms with Gasteiger partial charge in [0.25, 0.3) is 0 Å². The number of para-hydroxylation sites is 2. The monoisotopic (exact) mass is 689 g/mol. The van der Waals surface area contributed by atoms with Crippen LogP contribution in [0.4, 0.5) is 17.1 Å². The van der Waals surface area contributed by atoms with Gasteiger partial charge in [0.15, 0.2) is 0 Å². The van der Waals surface area contributed by atoms with Gasteiger partial charge in [-0.05, 0) is 113 Å². The molecule has 0 heterocycles. The second kappa shape index (κ2) is 12.8. The number of hydrogen-bond acceptors (Lipinski definition) is 1. The minimum absolute atomic E-state index is 0.0971. The highest BCUT2D eigenvalue weighted by Crippen LogP contribution is 2.51. The van der Waals surface area contributed by atoms with Crippen LogP contribution in [0.25, 0.3) is 66.7 Å². The van der Waals surface area contributed by atoms with Crippen LogP contribution in [-0.4, -0.2) is 0 Å². The van der Waals surface area contributed by atoms with Crippen LogP contribution >= 0.6 is 0 Å². The van der Waals surface area contributed by atoms with Crippen LogP contribution in [0.3, 0.4) is 0 Å². The Labute approximate surface area is 317 Å². The van der Waals surface area contributed by atoms with Crippen molar-refractivity contribution in [2.24, 2.45) is 0 Å². The lowest BCUT2D eigenvalue weighted by Crippen LogP contribution is -2.23. The van der Waals surface area contributed by atoms with E-state index in [1.807, 2.05) is 0 Å². The first-order valence-electron chi connectivity index (χ1n) is 18.9. The van der Waals surface area contributed by atoms with E-state index >= 15 is 0 Å². The highest BCUT2D eigenvalue weighted by molar-refractivity contribution is 6.22. The van der Waals surface area contributed by atoms with Crippen LogP contribution in [0.5, 0.6) is 0 Å². The lowest BCUT2D eigenvalue weighted by Gasteiger charge is -2.35. The Balaban J connectivity index is 1.11. The van der Waals surface area contributed by atoms with E-state index in [0.717, 1.165) is 22.6 Å². The Bertz CT molecular complexity index is 2780. The Kier molecular flexibility index (Phi) is 7.56. The van der Waals surface area contributed by atoms with Gasteiger partial charge in [-0.15, -0.1) is 0 Å². The van der Waals surface area contributed by atoms with E-state index in [1.54, 1.807) is 0 Å². The predicted molar refractivity (Wildman–Crippen MR) is 232 cm³/mol. The molecular weight excluding hydrogens is 651 g/mol. The molecule has 0 aromatic heterocycles. The van der Waals surface area contributed by atoms with Crippen LogP contribution < -0.4 is 4.90 Å². The minimum Gasteiger partial charge on any atom is -0.311 e. The van der Waals surface area contributed by atoms with Gasteiger partial charge in [-0.2, -0.15) is 0 Å². The van der Waals surface area contributed by atoms with Crippen molar-refractivity contribution in [3.63, 3.8) is 0 Å². The van der Waals surface area contributed by atoms with E-state index in [2.05, 4.69) is 219 Å². The standard InChI is InChI=1S/C53H39N/c1-53(2)49-26-14-13-22-43(49)47-34-35-48(46-25-15-27-50(53)52(46)47)51-44-23-11-9-20-40(44)42(41-21-10-12-24-45(41)51)33-30-36-28-31-39(32-29-36)54(37-16-5-3-6-17-37)38-18-7-4-8-19-38/h3-35H,1-2H3/b33-30+. The summed E-state index contributed by atoms with van der Waals surface area (Å²) in [4.78, 5) is 2.30. The van der Waals surface area contributed by atoms with Crippen molar-refractivity contribution in [2.45, 2.75) is 19.3 Å². The smallest absolute Gasteiger partial charge is 0.0462 e. The summed E-state index contributed by atoms with van der Waals surface area (Å²) in [6.07, 6.45) is 4.57. The van der Waals surface area contributed by atoms with E-state index in [0.29, 0.717) is 0 Å². The zero-order valence-corrected chi connectivity index (χ0v) is 30.5. The van der Waals surface area contributed by atoms with Crippen LogP contribution in [0, 0.1) is 0 Å². The molecule has 0 unspecified atom stereocenters. The van der Waals surface area contributed by atoms with Gasteiger partial charge in [0.1, 0.15) is 0 Å². The van der Waals surface area contributed by atoms with Crippen molar-refractivity contribution in [2.75, 3.05) is 4.90 Å². The molecule has 0 atom stereocenters. The molecule has 0 bridgehead atoms. The molecule has 9 aromatic carbocycles. The Morgan fingerprint density at radius 1 is 0.370 bits per heavy atom. The maximum absolute atomic E-state index is 2.37. The van der Waals surface area contributed by atoms with E-state index in [1.165, 1.54) is 71.3 Å². The molecule has 256 valence electrons. The zero-order chi connectivity index (χ0) is 36.2. The zero-order valence-electron chi connectivity index (χ0n) is 30.5. The highest BCUT2D eigenvalue weighted by atomic mass is 15.1. The molecule has 0 saturated carbocycles. The van der Waals surface area contributed by atoms with Gasteiger partial charge >= 0.3 is 0 Å². The first-order chi connectivity index (χ1) is 26.6. The van der Waals surface area contributed by atoms with E-state index in [-0.39, 0.29) is 5.41 Å². The summed E-state index contributed by atoms with van der Waals surface area (Å²) >= 11 is 0. The quantitative estimate of drug-likeness (QED) is 0.124. The summed E-state index contributed by atoms with van der Waals surface area (Å²) < 4.78 is 0. The van der Waals surface area contributed by atoms with E-state index in [9.17, 15) is 0 Å². The second-order valence-corrected chi connectivity index (χ2v) is 14.9. The third-order valence-electron chi connectivity index (χ3n) is 11.5. The average Bonchev–Trinajstić information content (AvgIpc) is 3.23. The maximum atomic E-state index is 2.37. The molecule has 0 radical (unpaired) electrons. The summed E-state index contributed by atoms with van der Waals surface area (Å²) in [6, 6.07) is 68.5. The van der Waals surface area contributed by atoms with Crippen molar-refractivity contribution < 1.29 is 0 Å².